The average molecular weight is 368 g/mol. The second-order valence-electron chi connectivity index (χ2n) is 6.58. The lowest BCUT2D eigenvalue weighted by molar-refractivity contribution is -0.135. The quantitative estimate of drug-likeness (QED) is 0.770. The normalized spacial score (nSPS) is 16.6. The third-order valence-corrected chi connectivity index (χ3v) is 6.66. The number of amides is 1. The first-order chi connectivity index (χ1) is 11.8. The molecule has 0 aliphatic carbocycles. The van der Waals surface area contributed by atoms with Crippen molar-refractivity contribution in [1.29, 1.82) is 0 Å². The fraction of sp³-hybridized carbons (Fsp3) is 0.611. The van der Waals surface area contributed by atoms with Crippen LogP contribution in [0.15, 0.2) is 18.2 Å². The Labute approximate surface area is 150 Å². The second kappa shape index (κ2) is 8.19. The molecule has 1 saturated heterocycles. The van der Waals surface area contributed by atoms with Crippen LogP contribution in [0.25, 0.3) is 0 Å². The Kier molecular flexibility index (Phi) is 6.46. The van der Waals surface area contributed by atoms with E-state index < -0.39 is 10.0 Å². The maximum atomic E-state index is 12.7. The monoisotopic (exact) mass is 368 g/mol. The predicted octanol–water partition coefficient (Wildman–Crippen LogP) is 2.02. The van der Waals surface area contributed by atoms with Crippen molar-refractivity contribution in [3.8, 4) is 5.75 Å². The molecular formula is C18H28N2O4S. The molecule has 0 unspecified atom stereocenters. The zero-order chi connectivity index (χ0) is 18.6. The van der Waals surface area contributed by atoms with Gasteiger partial charge in [-0.15, -0.1) is 0 Å². The number of aryl methyl sites for hydroxylation is 1. The fourth-order valence-corrected chi connectivity index (χ4v) is 4.37. The summed E-state index contributed by atoms with van der Waals surface area (Å²) in [6, 6.07) is 5.92. The molecule has 0 spiro atoms. The molecule has 7 heteroatoms. The van der Waals surface area contributed by atoms with E-state index in [9.17, 15) is 13.2 Å². The molecule has 0 saturated carbocycles. The molecular weight excluding hydrogens is 340 g/mol. The van der Waals surface area contributed by atoms with Gasteiger partial charge in [0.15, 0.2) is 0 Å². The molecule has 140 valence electrons. The van der Waals surface area contributed by atoms with Crippen molar-refractivity contribution < 1.29 is 17.9 Å². The molecule has 1 aliphatic heterocycles. The number of ether oxygens (including phenoxy) is 1. The van der Waals surface area contributed by atoms with Gasteiger partial charge >= 0.3 is 0 Å². The van der Waals surface area contributed by atoms with Crippen LogP contribution in [-0.2, 0) is 21.4 Å². The Hall–Kier alpha value is -1.60. The van der Waals surface area contributed by atoms with Crippen molar-refractivity contribution in [3.05, 3.63) is 29.3 Å². The average Bonchev–Trinajstić information content (AvgIpc) is 2.61. The van der Waals surface area contributed by atoms with Gasteiger partial charge < -0.3 is 9.64 Å². The van der Waals surface area contributed by atoms with Crippen LogP contribution in [0.5, 0.6) is 5.75 Å². The Morgan fingerprint density at radius 1 is 1.32 bits per heavy atom. The van der Waals surface area contributed by atoms with Gasteiger partial charge in [-0.1, -0.05) is 17.7 Å². The summed E-state index contributed by atoms with van der Waals surface area (Å²) in [5.41, 5.74) is 2.10. The highest BCUT2D eigenvalue weighted by Gasteiger charge is 2.31. The highest BCUT2D eigenvalue weighted by atomic mass is 32.2. The van der Waals surface area contributed by atoms with Crippen molar-refractivity contribution in [1.82, 2.24) is 9.21 Å². The van der Waals surface area contributed by atoms with Gasteiger partial charge in [0.2, 0.25) is 15.9 Å². The molecule has 0 atom stereocenters. The molecule has 1 amide bonds. The first kappa shape index (κ1) is 19.7. The van der Waals surface area contributed by atoms with Crippen LogP contribution in [0.3, 0.4) is 0 Å². The topological polar surface area (TPSA) is 66.9 Å². The van der Waals surface area contributed by atoms with E-state index in [0.717, 1.165) is 16.9 Å². The number of hydrogen-bond donors (Lipinski definition) is 0. The summed E-state index contributed by atoms with van der Waals surface area (Å²) in [4.78, 5) is 14.4. The summed E-state index contributed by atoms with van der Waals surface area (Å²) in [6.45, 7) is 4.99. The molecule has 0 bridgehead atoms. The van der Waals surface area contributed by atoms with Gasteiger partial charge in [-0.05, 0) is 32.8 Å². The summed E-state index contributed by atoms with van der Waals surface area (Å²) < 4.78 is 30.7. The molecule has 2 rings (SSSR count). The molecule has 1 heterocycles. The summed E-state index contributed by atoms with van der Waals surface area (Å²) in [5, 5.41) is 0. The highest BCUT2D eigenvalue weighted by molar-refractivity contribution is 7.89. The van der Waals surface area contributed by atoms with Gasteiger partial charge in [0, 0.05) is 38.2 Å². The smallest absolute Gasteiger partial charge is 0.225 e. The van der Waals surface area contributed by atoms with Gasteiger partial charge in [-0.3, -0.25) is 4.79 Å². The number of hydrogen-bond acceptors (Lipinski definition) is 4. The summed E-state index contributed by atoms with van der Waals surface area (Å²) in [5.74, 6) is 0.828. The zero-order valence-corrected chi connectivity index (χ0v) is 16.3. The largest absolute Gasteiger partial charge is 0.496 e. The Bertz CT molecular complexity index is 710. The Morgan fingerprint density at radius 3 is 2.52 bits per heavy atom. The molecule has 0 N–H and O–H groups in total. The molecule has 25 heavy (non-hydrogen) atoms. The van der Waals surface area contributed by atoms with Crippen LogP contribution in [0.1, 0.15) is 30.9 Å². The molecule has 6 nitrogen and oxygen atoms in total. The minimum Gasteiger partial charge on any atom is -0.496 e. The molecule has 1 aromatic rings. The highest BCUT2D eigenvalue weighted by Crippen LogP contribution is 2.25. The number of sulfonamides is 1. The van der Waals surface area contributed by atoms with E-state index in [1.807, 2.05) is 25.1 Å². The predicted molar refractivity (Wildman–Crippen MR) is 98.0 cm³/mol. The van der Waals surface area contributed by atoms with E-state index in [4.69, 9.17) is 4.74 Å². The van der Waals surface area contributed by atoms with Gasteiger partial charge in [0.05, 0.1) is 12.9 Å². The van der Waals surface area contributed by atoms with Crippen LogP contribution in [0, 0.1) is 12.8 Å². The van der Waals surface area contributed by atoms with Gasteiger partial charge in [-0.25, -0.2) is 12.7 Å². The van der Waals surface area contributed by atoms with E-state index in [1.54, 1.807) is 26.0 Å². The van der Waals surface area contributed by atoms with Crippen LogP contribution in [0.4, 0.5) is 0 Å². The number of piperidine rings is 1. The first-order valence-corrected chi connectivity index (χ1v) is 10.3. The maximum Gasteiger partial charge on any atom is 0.225 e. The van der Waals surface area contributed by atoms with Crippen molar-refractivity contribution in [2.75, 3.05) is 33.0 Å². The number of benzene rings is 1. The maximum absolute atomic E-state index is 12.7. The fourth-order valence-electron chi connectivity index (χ4n) is 3.24. The minimum atomic E-state index is -3.16. The van der Waals surface area contributed by atoms with E-state index in [1.165, 1.54) is 4.31 Å². The third kappa shape index (κ3) is 4.73. The first-order valence-electron chi connectivity index (χ1n) is 8.64. The van der Waals surface area contributed by atoms with Crippen molar-refractivity contribution in [3.63, 3.8) is 0 Å². The van der Waals surface area contributed by atoms with Crippen molar-refractivity contribution in [2.24, 2.45) is 5.92 Å². The van der Waals surface area contributed by atoms with Gasteiger partial charge in [0.1, 0.15) is 5.75 Å². The van der Waals surface area contributed by atoms with Gasteiger partial charge in [-0.2, -0.15) is 0 Å². The lowest BCUT2D eigenvalue weighted by Crippen LogP contribution is -2.43. The van der Waals surface area contributed by atoms with E-state index in [0.29, 0.717) is 32.5 Å². The lowest BCUT2D eigenvalue weighted by atomic mass is 9.96. The van der Waals surface area contributed by atoms with E-state index >= 15 is 0 Å². The molecule has 0 aromatic heterocycles. The second-order valence-corrected chi connectivity index (χ2v) is 8.84. The van der Waals surface area contributed by atoms with E-state index in [-0.39, 0.29) is 17.6 Å². The van der Waals surface area contributed by atoms with Gasteiger partial charge in [0.25, 0.3) is 0 Å². The third-order valence-electron chi connectivity index (χ3n) is 4.78. The lowest BCUT2D eigenvalue weighted by Gasteiger charge is -2.32. The number of methoxy groups -OCH3 is 1. The zero-order valence-electron chi connectivity index (χ0n) is 15.5. The molecule has 1 aromatic carbocycles. The molecule has 1 fully saturated rings. The number of nitrogens with zero attached hydrogens (tertiary/aromatic N) is 2. The van der Waals surface area contributed by atoms with Crippen LogP contribution in [-0.4, -0.2) is 56.5 Å². The molecule has 1 aliphatic rings. The number of rotatable bonds is 6. The van der Waals surface area contributed by atoms with E-state index in [2.05, 4.69) is 0 Å². The number of carbonyl (C=O) groups excluding carboxylic acids is 1. The van der Waals surface area contributed by atoms with Crippen LogP contribution >= 0.6 is 0 Å². The molecule has 0 radical (unpaired) electrons. The van der Waals surface area contributed by atoms with Crippen molar-refractivity contribution >= 4 is 15.9 Å². The van der Waals surface area contributed by atoms with Crippen LogP contribution in [0.2, 0.25) is 0 Å². The summed E-state index contributed by atoms with van der Waals surface area (Å²) in [6.07, 6.45) is 1.15. The Balaban J connectivity index is 1.99. The summed E-state index contributed by atoms with van der Waals surface area (Å²) >= 11 is 0. The van der Waals surface area contributed by atoms with Crippen molar-refractivity contribution in [2.45, 2.75) is 33.2 Å². The Morgan fingerprint density at radius 2 is 1.96 bits per heavy atom. The SMILES string of the molecule is CCS(=O)(=O)N1CCC(C(=O)N(C)Cc2cc(C)ccc2OC)CC1. The number of carbonyl (C=O) groups is 1. The van der Waals surface area contributed by atoms with Crippen LogP contribution < -0.4 is 4.74 Å². The standard InChI is InChI=1S/C18H28N2O4S/c1-5-25(22,23)20-10-8-15(9-11-20)18(21)19(3)13-16-12-14(2)6-7-17(16)24-4/h6-7,12,15H,5,8-11,13H2,1-4H3. The summed E-state index contributed by atoms with van der Waals surface area (Å²) in [7, 11) is 0.255. The minimum absolute atomic E-state index is 0.0668.